The largest absolute Gasteiger partial charge is 0.276 e. The highest BCUT2D eigenvalue weighted by Gasteiger charge is 2.13. The third-order valence-electron chi connectivity index (χ3n) is 3.51. The summed E-state index contributed by atoms with van der Waals surface area (Å²) >= 11 is 0. The number of nitrogens with zero attached hydrogens (tertiary/aromatic N) is 1. The van der Waals surface area contributed by atoms with Crippen LogP contribution in [0, 0.1) is 6.92 Å². The Labute approximate surface area is 138 Å². The number of nitrogens with one attached hydrogen (secondary N) is 1. The first kappa shape index (κ1) is 17.2. The van der Waals surface area contributed by atoms with E-state index in [-0.39, 0.29) is 4.90 Å². The Bertz CT molecular complexity index is 751. The van der Waals surface area contributed by atoms with Crippen LogP contribution >= 0.6 is 0 Å². The second-order valence-corrected chi connectivity index (χ2v) is 7.10. The van der Waals surface area contributed by atoms with Crippen LogP contribution in [0.3, 0.4) is 0 Å². The highest BCUT2D eigenvalue weighted by Crippen LogP contribution is 2.12. The Balaban J connectivity index is 2.23. The molecule has 0 radical (unpaired) electrons. The van der Waals surface area contributed by atoms with Crippen LogP contribution in [0.15, 0.2) is 64.6 Å². The van der Waals surface area contributed by atoms with Crippen molar-refractivity contribution in [3.8, 4) is 0 Å². The van der Waals surface area contributed by atoms with Crippen LogP contribution in [0.5, 0.6) is 0 Å². The van der Waals surface area contributed by atoms with Crippen molar-refractivity contribution in [1.29, 1.82) is 0 Å². The number of benzene rings is 2. The number of unbranched alkanes of at least 4 members (excludes halogenated alkanes) is 1. The summed E-state index contributed by atoms with van der Waals surface area (Å²) in [5.41, 5.74) is 2.70. The Kier molecular flexibility index (Phi) is 5.93. The van der Waals surface area contributed by atoms with E-state index in [0.29, 0.717) is 0 Å². The second-order valence-electron chi connectivity index (χ2n) is 5.44. The molecular weight excluding hydrogens is 308 g/mol. The minimum atomic E-state index is -3.64. The molecule has 0 aliphatic rings. The number of rotatable bonds is 7. The zero-order valence-corrected chi connectivity index (χ0v) is 14.3. The van der Waals surface area contributed by atoms with Crippen molar-refractivity contribution >= 4 is 15.7 Å². The average molecular weight is 330 g/mol. The van der Waals surface area contributed by atoms with Gasteiger partial charge in [-0.3, -0.25) is 0 Å². The van der Waals surface area contributed by atoms with E-state index < -0.39 is 10.0 Å². The van der Waals surface area contributed by atoms with Crippen molar-refractivity contribution in [2.45, 2.75) is 38.0 Å². The third-order valence-corrected chi connectivity index (χ3v) is 4.73. The summed E-state index contributed by atoms with van der Waals surface area (Å²) in [6.07, 6.45) is 2.72. The van der Waals surface area contributed by atoms with E-state index in [9.17, 15) is 8.42 Å². The minimum Gasteiger partial charge on any atom is -0.200 e. The summed E-state index contributed by atoms with van der Waals surface area (Å²) in [5, 5.41) is 4.18. The Morgan fingerprint density at radius 1 is 1.04 bits per heavy atom. The summed E-state index contributed by atoms with van der Waals surface area (Å²) in [6, 6.07) is 16.4. The zero-order chi connectivity index (χ0) is 16.7. The normalized spacial score (nSPS) is 12.2. The van der Waals surface area contributed by atoms with Crippen LogP contribution in [0.4, 0.5) is 0 Å². The topological polar surface area (TPSA) is 58.5 Å². The molecule has 2 aromatic rings. The van der Waals surface area contributed by atoms with Crippen molar-refractivity contribution < 1.29 is 8.42 Å². The molecule has 2 aromatic carbocycles. The number of hydrazone groups is 1. The van der Waals surface area contributed by atoms with E-state index >= 15 is 0 Å². The highest BCUT2D eigenvalue weighted by molar-refractivity contribution is 7.89. The van der Waals surface area contributed by atoms with E-state index in [1.165, 1.54) is 0 Å². The summed E-state index contributed by atoms with van der Waals surface area (Å²) < 4.78 is 24.7. The standard InChI is InChI=1S/C18H22N2O2S/c1-3-4-10-18(16-8-6-5-7-9-16)19-20-23(21,22)17-13-11-15(2)12-14-17/h5-9,11-14,20H,3-4,10H2,1-2H3/b19-18-. The molecule has 0 heterocycles. The first-order valence-corrected chi connectivity index (χ1v) is 9.21. The lowest BCUT2D eigenvalue weighted by Crippen LogP contribution is -2.20. The van der Waals surface area contributed by atoms with Crippen LogP contribution in [-0.2, 0) is 10.0 Å². The van der Waals surface area contributed by atoms with Gasteiger partial charge in [-0.15, -0.1) is 0 Å². The Morgan fingerprint density at radius 3 is 2.30 bits per heavy atom. The summed E-state index contributed by atoms with van der Waals surface area (Å²) in [5.74, 6) is 0. The number of hydrogen-bond acceptors (Lipinski definition) is 3. The predicted octanol–water partition coefficient (Wildman–Crippen LogP) is 3.87. The third kappa shape index (κ3) is 4.93. The molecule has 23 heavy (non-hydrogen) atoms. The summed E-state index contributed by atoms with van der Waals surface area (Å²) in [4.78, 5) is 2.58. The molecule has 0 saturated heterocycles. The molecular formula is C18H22N2O2S. The summed E-state index contributed by atoms with van der Waals surface area (Å²) in [7, 11) is -3.64. The molecule has 0 saturated carbocycles. The van der Waals surface area contributed by atoms with Gasteiger partial charge in [0.25, 0.3) is 10.0 Å². The van der Waals surface area contributed by atoms with Gasteiger partial charge in [0.05, 0.1) is 10.6 Å². The van der Waals surface area contributed by atoms with Gasteiger partial charge in [0.2, 0.25) is 0 Å². The van der Waals surface area contributed by atoms with Gasteiger partial charge in [0, 0.05) is 0 Å². The van der Waals surface area contributed by atoms with Crippen LogP contribution in [0.1, 0.15) is 37.3 Å². The molecule has 0 atom stereocenters. The van der Waals surface area contributed by atoms with Gasteiger partial charge >= 0.3 is 0 Å². The van der Waals surface area contributed by atoms with E-state index in [4.69, 9.17) is 0 Å². The SMILES string of the molecule is CCCC/C(=N/NS(=O)(=O)c1ccc(C)cc1)c1ccccc1. The number of hydrogen-bond donors (Lipinski definition) is 1. The number of sulfonamides is 1. The second kappa shape index (κ2) is 7.92. The van der Waals surface area contributed by atoms with Gasteiger partial charge in [-0.1, -0.05) is 61.4 Å². The van der Waals surface area contributed by atoms with Crippen molar-refractivity contribution in [2.24, 2.45) is 5.10 Å². The molecule has 0 aromatic heterocycles. The quantitative estimate of drug-likeness (QED) is 0.619. The first-order valence-electron chi connectivity index (χ1n) is 7.73. The Morgan fingerprint density at radius 2 is 1.70 bits per heavy atom. The smallest absolute Gasteiger partial charge is 0.200 e. The molecule has 5 heteroatoms. The number of aryl methyl sites for hydroxylation is 1. The molecule has 1 N–H and O–H groups in total. The molecule has 2 rings (SSSR count). The Hall–Kier alpha value is -2.14. The summed E-state index contributed by atoms with van der Waals surface area (Å²) in [6.45, 7) is 4.01. The van der Waals surface area contributed by atoms with Gasteiger partial charge in [-0.05, 0) is 37.5 Å². The van der Waals surface area contributed by atoms with E-state index in [1.54, 1.807) is 24.3 Å². The fourth-order valence-corrected chi connectivity index (χ4v) is 2.96. The van der Waals surface area contributed by atoms with Crippen LogP contribution in [-0.4, -0.2) is 14.1 Å². The molecule has 4 nitrogen and oxygen atoms in total. The molecule has 0 aliphatic carbocycles. The maximum atomic E-state index is 12.3. The van der Waals surface area contributed by atoms with Crippen molar-refractivity contribution in [2.75, 3.05) is 0 Å². The fraction of sp³-hybridized carbons (Fsp3) is 0.278. The van der Waals surface area contributed by atoms with E-state index in [2.05, 4.69) is 16.9 Å². The van der Waals surface area contributed by atoms with E-state index in [1.807, 2.05) is 37.3 Å². The van der Waals surface area contributed by atoms with Gasteiger partial charge in [0.15, 0.2) is 0 Å². The molecule has 0 fully saturated rings. The van der Waals surface area contributed by atoms with Crippen LogP contribution < -0.4 is 4.83 Å². The van der Waals surface area contributed by atoms with Crippen LogP contribution in [0.2, 0.25) is 0 Å². The highest BCUT2D eigenvalue weighted by atomic mass is 32.2. The minimum absolute atomic E-state index is 0.217. The van der Waals surface area contributed by atoms with Crippen LogP contribution in [0.25, 0.3) is 0 Å². The molecule has 0 aliphatic heterocycles. The van der Waals surface area contributed by atoms with Crippen molar-refractivity contribution in [1.82, 2.24) is 4.83 Å². The molecule has 0 unspecified atom stereocenters. The maximum absolute atomic E-state index is 12.3. The van der Waals surface area contributed by atoms with Crippen molar-refractivity contribution in [3.63, 3.8) is 0 Å². The van der Waals surface area contributed by atoms with Gasteiger partial charge in [-0.25, -0.2) is 0 Å². The molecule has 0 bridgehead atoms. The fourth-order valence-electron chi connectivity index (χ4n) is 2.12. The monoisotopic (exact) mass is 330 g/mol. The van der Waals surface area contributed by atoms with Gasteiger partial charge in [-0.2, -0.15) is 18.4 Å². The van der Waals surface area contributed by atoms with E-state index in [0.717, 1.165) is 36.1 Å². The molecule has 122 valence electrons. The maximum Gasteiger partial charge on any atom is 0.276 e. The van der Waals surface area contributed by atoms with Gasteiger partial charge in [0.1, 0.15) is 0 Å². The zero-order valence-electron chi connectivity index (χ0n) is 13.5. The predicted molar refractivity (Wildman–Crippen MR) is 94.0 cm³/mol. The lowest BCUT2D eigenvalue weighted by atomic mass is 10.1. The molecule has 0 spiro atoms. The van der Waals surface area contributed by atoms with Crippen molar-refractivity contribution in [3.05, 3.63) is 65.7 Å². The first-order chi connectivity index (χ1) is 11.0. The lowest BCUT2D eigenvalue weighted by molar-refractivity contribution is 0.584. The lowest BCUT2D eigenvalue weighted by Gasteiger charge is -2.08. The molecule has 0 amide bonds. The average Bonchev–Trinajstić information content (AvgIpc) is 2.56. The van der Waals surface area contributed by atoms with Gasteiger partial charge < -0.3 is 0 Å².